The Balaban J connectivity index is 2.15. The number of nitrogens with zero attached hydrogens (tertiary/aromatic N) is 1. The summed E-state index contributed by atoms with van der Waals surface area (Å²) >= 11 is 0. The van der Waals surface area contributed by atoms with Crippen molar-refractivity contribution in [1.29, 1.82) is 0 Å². The van der Waals surface area contributed by atoms with Crippen LogP contribution in [-0.4, -0.2) is 48.6 Å². The van der Waals surface area contributed by atoms with E-state index in [0.29, 0.717) is 25.2 Å². The van der Waals surface area contributed by atoms with E-state index in [1.54, 1.807) is 37.8 Å². The van der Waals surface area contributed by atoms with Crippen LogP contribution in [0.1, 0.15) is 26.3 Å². The summed E-state index contributed by atoms with van der Waals surface area (Å²) in [6, 6.07) is 5.66. The molecule has 1 fully saturated rings. The molecule has 1 unspecified atom stereocenters. The number of benzene rings is 1. The number of nitrogens with one attached hydrogen (secondary N) is 1. The van der Waals surface area contributed by atoms with Crippen molar-refractivity contribution in [3.05, 3.63) is 29.8 Å². The van der Waals surface area contributed by atoms with Gasteiger partial charge >= 0.3 is 12.5 Å². The van der Waals surface area contributed by atoms with E-state index in [2.05, 4.69) is 10.1 Å². The highest BCUT2D eigenvalue weighted by Gasteiger charge is 2.34. The first kappa shape index (κ1) is 19.4. The summed E-state index contributed by atoms with van der Waals surface area (Å²) < 4.78 is 47.2. The van der Waals surface area contributed by atoms with Gasteiger partial charge in [0.05, 0.1) is 6.04 Å². The minimum atomic E-state index is -4.76. The number of alkyl halides is 3. The largest absolute Gasteiger partial charge is 0.573 e. The van der Waals surface area contributed by atoms with Crippen molar-refractivity contribution in [3.63, 3.8) is 0 Å². The molecule has 1 saturated heterocycles. The molecule has 140 valence electrons. The van der Waals surface area contributed by atoms with Crippen LogP contribution < -0.4 is 10.1 Å². The Morgan fingerprint density at radius 1 is 1.28 bits per heavy atom. The fourth-order valence-electron chi connectivity index (χ4n) is 2.65. The Bertz CT molecular complexity index is 600. The van der Waals surface area contributed by atoms with Crippen LogP contribution in [0.2, 0.25) is 0 Å². The van der Waals surface area contributed by atoms with Crippen molar-refractivity contribution >= 4 is 6.09 Å². The van der Waals surface area contributed by atoms with Crippen molar-refractivity contribution < 1.29 is 27.4 Å². The van der Waals surface area contributed by atoms with Gasteiger partial charge in [0.15, 0.2) is 0 Å². The number of ether oxygens (including phenoxy) is 2. The first-order chi connectivity index (χ1) is 11.6. The smallest absolute Gasteiger partial charge is 0.444 e. The lowest BCUT2D eigenvalue weighted by atomic mass is 10.0. The van der Waals surface area contributed by atoms with Gasteiger partial charge in [0.1, 0.15) is 11.4 Å². The van der Waals surface area contributed by atoms with Crippen LogP contribution in [0.5, 0.6) is 5.75 Å². The molecular formula is C17H23F3N2O3. The summed E-state index contributed by atoms with van der Waals surface area (Å²) in [7, 11) is 0. The first-order valence-electron chi connectivity index (χ1n) is 8.09. The molecule has 0 saturated carbocycles. The molecule has 5 nitrogen and oxygen atoms in total. The van der Waals surface area contributed by atoms with E-state index < -0.39 is 18.1 Å². The molecule has 1 atom stereocenters. The van der Waals surface area contributed by atoms with Crippen LogP contribution in [0.15, 0.2) is 24.3 Å². The average molecular weight is 360 g/mol. The van der Waals surface area contributed by atoms with E-state index in [-0.39, 0.29) is 18.2 Å². The standard InChI is InChI=1S/C17H23F3N2O3/c1-16(2,3)25-15(23)22-9-8-21-11-13(22)10-12-6-4-5-7-14(12)24-17(18,19)20/h4-7,13,21H,8-11H2,1-3H3. The molecule has 0 radical (unpaired) electrons. The highest BCUT2D eigenvalue weighted by atomic mass is 19.4. The second kappa shape index (κ2) is 7.51. The molecule has 1 heterocycles. The van der Waals surface area contributed by atoms with E-state index in [0.717, 1.165) is 0 Å². The minimum Gasteiger partial charge on any atom is -0.444 e. The van der Waals surface area contributed by atoms with Gasteiger partial charge in [-0.05, 0) is 38.8 Å². The normalized spacial score (nSPS) is 18.8. The molecule has 1 aromatic rings. The highest BCUT2D eigenvalue weighted by Crippen LogP contribution is 2.28. The maximum atomic E-state index is 12.6. The van der Waals surface area contributed by atoms with Crippen molar-refractivity contribution in [2.75, 3.05) is 19.6 Å². The van der Waals surface area contributed by atoms with Crippen LogP contribution in [0.3, 0.4) is 0 Å². The second-order valence-electron chi connectivity index (χ2n) is 6.89. The Kier molecular flexibility index (Phi) is 5.82. The van der Waals surface area contributed by atoms with Crippen molar-refractivity contribution in [3.8, 4) is 5.75 Å². The lowest BCUT2D eigenvalue weighted by Gasteiger charge is -2.37. The van der Waals surface area contributed by atoms with Gasteiger partial charge in [0, 0.05) is 19.6 Å². The summed E-state index contributed by atoms with van der Waals surface area (Å²) in [5.41, 5.74) is -0.244. The van der Waals surface area contributed by atoms with E-state index in [1.165, 1.54) is 12.1 Å². The Hall–Kier alpha value is -1.96. The number of carbonyl (C=O) groups is 1. The Morgan fingerprint density at radius 3 is 2.60 bits per heavy atom. The van der Waals surface area contributed by atoms with Crippen LogP contribution >= 0.6 is 0 Å². The highest BCUT2D eigenvalue weighted by molar-refractivity contribution is 5.69. The number of carbonyl (C=O) groups excluding carboxylic acids is 1. The van der Waals surface area contributed by atoms with Gasteiger partial charge in [-0.15, -0.1) is 13.2 Å². The molecule has 1 aliphatic rings. The average Bonchev–Trinajstić information content (AvgIpc) is 2.46. The number of rotatable bonds is 3. The summed E-state index contributed by atoms with van der Waals surface area (Å²) in [6.45, 7) is 6.83. The molecule has 0 bridgehead atoms. The number of hydrogen-bond acceptors (Lipinski definition) is 4. The summed E-state index contributed by atoms with van der Waals surface area (Å²) in [5.74, 6) is -0.246. The number of halogens is 3. The minimum absolute atomic E-state index is 0.235. The molecule has 1 aliphatic heterocycles. The van der Waals surface area contributed by atoms with Crippen LogP contribution in [-0.2, 0) is 11.2 Å². The summed E-state index contributed by atoms with van der Waals surface area (Å²) in [5, 5.41) is 3.16. The van der Waals surface area contributed by atoms with Crippen molar-refractivity contribution in [1.82, 2.24) is 10.2 Å². The van der Waals surface area contributed by atoms with Gasteiger partial charge in [-0.25, -0.2) is 4.79 Å². The first-order valence-corrected chi connectivity index (χ1v) is 8.09. The predicted octanol–water partition coefficient (Wildman–Crippen LogP) is 3.34. The molecule has 1 N–H and O–H groups in total. The third-order valence-corrected chi connectivity index (χ3v) is 3.63. The van der Waals surface area contributed by atoms with Gasteiger partial charge in [-0.3, -0.25) is 0 Å². The monoisotopic (exact) mass is 360 g/mol. The topological polar surface area (TPSA) is 50.8 Å². The zero-order valence-electron chi connectivity index (χ0n) is 14.5. The van der Waals surface area contributed by atoms with Crippen LogP contribution in [0.4, 0.5) is 18.0 Å². The number of hydrogen-bond donors (Lipinski definition) is 1. The van der Waals surface area contributed by atoms with Crippen molar-refractivity contribution in [2.24, 2.45) is 0 Å². The van der Waals surface area contributed by atoms with E-state index in [4.69, 9.17) is 4.74 Å². The molecule has 25 heavy (non-hydrogen) atoms. The van der Waals surface area contributed by atoms with Gasteiger partial charge < -0.3 is 19.7 Å². The fourth-order valence-corrected chi connectivity index (χ4v) is 2.65. The van der Waals surface area contributed by atoms with Crippen LogP contribution in [0.25, 0.3) is 0 Å². The number of amides is 1. The predicted molar refractivity (Wildman–Crippen MR) is 86.4 cm³/mol. The molecule has 1 aromatic carbocycles. The Morgan fingerprint density at radius 2 is 1.96 bits per heavy atom. The molecule has 8 heteroatoms. The van der Waals surface area contributed by atoms with Gasteiger partial charge in [-0.1, -0.05) is 18.2 Å². The number of para-hydroxylation sites is 1. The van der Waals surface area contributed by atoms with E-state index >= 15 is 0 Å². The number of piperazine rings is 1. The lowest BCUT2D eigenvalue weighted by molar-refractivity contribution is -0.274. The zero-order chi connectivity index (χ0) is 18.7. The Labute approximate surface area is 145 Å². The molecule has 0 aliphatic carbocycles. The lowest BCUT2D eigenvalue weighted by Crippen LogP contribution is -2.55. The molecular weight excluding hydrogens is 337 g/mol. The van der Waals surface area contributed by atoms with E-state index in [9.17, 15) is 18.0 Å². The van der Waals surface area contributed by atoms with E-state index in [1.807, 2.05) is 0 Å². The third kappa shape index (κ3) is 6.12. The van der Waals surface area contributed by atoms with Gasteiger partial charge in [0.25, 0.3) is 0 Å². The maximum Gasteiger partial charge on any atom is 0.573 e. The molecule has 1 amide bonds. The quantitative estimate of drug-likeness (QED) is 0.898. The van der Waals surface area contributed by atoms with Gasteiger partial charge in [-0.2, -0.15) is 0 Å². The van der Waals surface area contributed by atoms with Crippen LogP contribution in [0, 0.1) is 0 Å². The molecule has 0 spiro atoms. The molecule has 2 rings (SSSR count). The van der Waals surface area contributed by atoms with Gasteiger partial charge in [0.2, 0.25) is 0 Å². The SMILES string of the molecule is CC(C)(C)OC(=O)N1CCNCC1Cc1ccccc1OC(F)(F)F. The second-order valence-corrected chi connectivity index (χ2v) is 6.89. The third-order valence-electron chi connectivity index (χ3n) is 3.63. The zero-order valence-corrected chi connectivity index (χ0v) is 14.5. The maximum absolute atomic E-state index is 12.6. The van der Waals surface area contributed by atoms with Crippen molar-refractivity contribution in [2.45, 2.75) is 45.2 Å². The fraction of sp³-hybridized carbons (Fsp3) is 0.588. The molecule has 0 aromatic heterocycles. The summed E-state index contributed by atoms with van der Waals surface area (Å²) in [6.07, 6.45) is -4.99. The summed E-state index contributed by atoms with van der Waals surface area (Å²) in [4.78, 5) is 14.0.